The Morgan fingerprint density at radius 1 is 0.933 bits per heavy atom. The molecule has 0 aliphatic heterocycles. The van der Waals surface area contributed by atoms with E-state index >= 15 is 0 Å². The standard InChI is InChI=1S/C24H36N2O3Si/c1-23(2,3)29-22(27)26-19(17-25)18-28-30(24(4,5)6,20-13-9-7-10-14-20)21-15-11-8-12-16-21/h7-16,19H,17-18,25H2,1-6H3,(H,26,27)/t19-/m0/s1. The molecule has 0 saturated carbocycles. The molecule has 164 valence electrons. The van der Waals surface area contributed by atoms with E-state index in [-0.39, 0.29) is 17.6 Å². The maximum absolute atomic E-state index is 12.3. The predicted octanol–water partition coefficient (Wildman–Crippen LogP) is 3.42. The van der Waals surface area contributed by atoms with Gasteiger partial charge in [0.05, 0.1) is 12.6 Å². The number of nitrogens with one attached hydrogen (secondary N) is 1. The van der Waals surface area contributed by atoms with E-state index in [2.05, 4.69) is 74.6 Å². The quantitative estimate of drug-likeness (QED) is 0.663. The highest BCUT2D eigenvalue weighted by atomic mass is 28.4. The molecule has 2 aromatic carbocycles. The normalized spacial score (nSPS) is 13.6. The average Bonchev–Trinajstić information content (AvgIpc) is 2.66. The molecular weight excluding hydrogens is 392 g/mol. The van der Waals surface area contributed by atoms with Crippen LogP contribution in [0.1, 0.15) is 41.5 Å². The van der Waals surface area contributed by atoms with Gasteiger partial charge >= 0.3 is 6.09 Å². The molecule has 0 saturated heterocycles. The van der Waals surface area contributed by atoms with Crippen molar-refractivity contribution in [3.63, 3.8) is 0 Å². The molecule has 0 aromatic heterocycles. The van der Waals surface area contributed by atoms with E-state index in [1.165, 1.54) is 10.4 Å². The Hall–Kier alpha value is -2.15. The van der Waals surface area contributed by atoms with E-state index in [9.17, 15) is 4.79 Å². The van der Waals surface area contributed by atoms with Gasteiger partial charge in [0.2, 0.25) is 0 Å². The lowest BCUT2D eigenvalue weighted by Crippen LogP contribution is -2.67. The number of ether oxygens (including phenoxy) is 1. The highest BCUT2D eigenvalue weighted by molar-refractivity contribution is 6.99. The first kappa shape index (κ1) is 24.1. The summed E-state index contributed by atoms with van der Waals surface area (Å²) in [5.74, 6) is 0. The number of carbonyl (C=O) groups is 1. The molecule has 0 bridgehead atoms. The van der Waals surface area contributed by atoms with Gasteiger partial charge in [-0.1, -0.05) is 81.4 Å². The van der Waals surface area contributed by atoms with Crippen LogP contribution < -0.4 is 21.4 Å². The van der Waals surface area contributed by atoms with Gasteiger partial charge in [0, 0.05) is 6.54 Å². The first-order valence-electron chi connectivity index (χ1n) is 10.4. The van der Waals surface area contributed by atoms with Crippen LogP contribution in [0.4, 0.5) is 4.79 Å². The fraction of sp³-hybridized carbons (Fsp3) is 0.458. The Labute approximate surface area is 182 Å². The van der Waals surface area contributed by atoms with Crippen LogP contribution in [0.15, 0.2) is 60.7 Å². The third-order valence-corrected chi connectivity index (χ3v) is 9.93. The van der Waals surface area contributed by atoms with Crippen molar-refractivity contribution in [3.05, 3.63) is 60.7 Å². The molecule has 2 aromatic rings. The Bertz CT molecular complexity index is 759. The van der Waals surface area contributed by atoms with E-state index < -0.39 is 20.0 Å². The molecule has 3 N–H and O–H groups in total. The van der Waals surface area contributed by atoms with E-state index in [1.807, 2.05) is 32.9 Å². The molecule has 0 radical (unpaired) electrons. The highest BCUT2D eigenvalue weighted by Gasteiger charge is 2.50. The lowest BCUT2D eigenvalue weighted by molar-refractivity contribution is 0.0489. The van der Waals surface area contributed by atoms with E-state index in [0.29, 0.717) is 6.61 Å². The van der Waals surface area contributed by atoms with Crippen LogP contribution in [0, 0.1) is 0 Å². The number of nitrogens with two attached hydrogens (primary N) is 1. The summed E-state index contributed by atoms with van der Waals surface area (Å²) in [5.41, 5.74) is 5.40. The molecule has 2 rings (SSSR count). The minimum atomic E-state index is -2.67. The fourth-order valence-electron chi connectivity index (χ4n) is 3.63. The molecule has 0 aliphatic carbocycles. The van der Waals surface area contributed by atoms with Crippen LogP contribution in [-0.2, 0) is 9.16 Å². The molecule has 1 atom stereocenters. The van der Waals surface area contributed by atoms with Gasteiger partial charge in [-0.3, -0.25) is 0 Å². The summed E-state index contributed by atoms with van der Waals surface area (Å²) >= 11 is 0. The maximum atomic E-state index is 12.3. The van der Waals surface area contributed by atoms with Gasteiger partial charge in [-0.05, 0) is 36.2 Å². The first-order chi connectivity index (χ1) is 14.0. The number of alkyl carbamates (subject to hydrolysis) is 1. The fourth-order valence-corrected chi connectivity index (χ4v) is 8.24. The number of carbonyl (C=O) groups excluding carboxylic acids is 1. The minimum absolute atomic E-state index is 0.138. The molecule has 0 fully saturated rings. The van der Waals surface area contributed by atoms with Crippen LogP contribution in [0.25, 0.3) is 0 Å². The third-order valence-electron chi connectivity index (χ3n) is 4.92. The second-order valence-electron chi connectivity index (χ2n) is 9.55. The molecular formula is C24H36N2O3Si. The van der Waals surface area contributed by atoms with Gasteiger partial charge in [-0.2, -0.15) is 0 Å². The van der Waals surface area contributed by atoms with E-state index in [1.54, 1.807) is 0 Å². The van der Waals surface area contributed by atoms with Gasteiger partial charge in [-0.15, -0.1) is 0 Å². The van der Waals surface area contributed by atoms with E-state index in [4.69, 9.17) is 14.9 Å². The Morgan fingerprint density at radius 3 is 1.77 bits per heavy atom. The molecule has 0 spiro atoms. The number of benzene rings is 2. The number of hydrogen-bond acceptors (Lipinski definition) is 4. The number of rotatable bonds is 7. The van der Waals surface area contributed by atoms with Crippen molar-refractivity contribution in [2.75, 3.05) is 13.2 Å². The monoisotopic (exact) mass is 428 g/mol. The van der Waals surface area contributed by atoms with Gasteiger partial charge in [0.1, 0.15) is 5.60 Å². The zero-order chi connectivity index (χ0) is 22.4. The topological polar surface area (TPSA) is 73.6 Å². The lowest BCUT2D eigenvalue weighted by atomic mass is 10.2. The van der Waals surface area contributed by atoms with Gasteiger partial charge in [-0.25, -0.2) is 4.79 Å². The molecule has 0 heterocycles. The Morgan fingerprint density at radius 2 is 1.40 bits per heavy atom. The molecule has 1 amide bonds. The molecule has 0 aliphatic rings. The van der Waals surface area contributed by atoms with Crippen molar-refractivity contribution < 1.29 is 14.0 Å². The zero-order valence-corrected chi connectivity index (χ0v) is 20.1. The summed E-state index contributed by atoms with van der Waals surface area (Å²) in [7, 11) is -2.67. The Balaban J connectivity index is 2.37. The smallest absolute Gasteiger partial charge is 0.407 e. The summed E-state index contributed by atoms with van der Waals surface area (Å²) in [4.78, 5) is 12.3. The zero-order valence-electron chi connectivity index (χ0n) is 19.1. The van der Waals surface area contributed by atoms with Gasteiger partial charge in [0.25, 0.3) is 8.32 Å². The minimum Gasteiger partial charge on any atom is -0.444 e. The summed E-state index contributed by atoms with van der Waals surface area (Å²) < 4.78 is 12.2. The largest absolute Gasteiger partial charge is 0.444 e. The van der Waals surface area contributed by atoms with Gasteiger partial charge in [0.15, 0.2) is 0 Å². The summed E-state index contributed by atoms with van der Waals surface area (Å²) in [6.07, 6.45) is -0.482. The van der Waals surface area contributed by atoms with Crippen molar-refractivity contribution in [2.45, 2.75) is 58.2 Å². The second-order valence-corrected chi connectivity index (χ2v) is 13.9. The van der Waals surface area contributed by atoms with Crippen molar-refractivity contribution in [1.82, 2.24) is 5.32 Å². The third kappa shape index (κ3) is 5.94. The van der Waals surface area contributed by atoms with E-state index in [0.717, 1.165) is 0 Å². The maximum Gasteiger partial charge on any atom is 0.407 e. The number of amides is 1. The number of hydrogen-bond donors (Lipinski definition) is 2. The average molecular weight is 429 g/mol. The first-order valence-corrected chi connectivity index (χ1v) is 12.3. The lowest BCUT2D eigenvalue weighted by Gasteiger charge is -2.43. The Kier molecular flexibility index (Phi) is 7.85. The summed E-state index contributed by atoms with van der Waals surface area (Å²) in [6.45, 7) is 12.7. The van der Waals surface area contributed by atoms with Crippen molar-refractivity contribution in [1.29, 1.82) is 0 Å². The molecule has 30 heavy (non-hydrogen) atoms. The predicted molar refractivity (Wildman–Crippen MR) is 126 cm³/mol. The molecule has 5 nitrogen and oxygen atoms in total. The highest BCUT2D eigenvalue weighted by Crippen LogP contribution is 2.36. The molecule has 6 heteroatoms. The van der Waals surface area contributed by atoms with Crippen molar-refractivity contribution >= 4 is 24.8 Å². The van der Waals surface area contributed by atoms with Crippen molar-refractivity contribution in [3.8, 4) is 0 Å². The van der Waals surface area contributed by atoms with Crippen LogP contribution >= 0.6 is 0 Å². The van der Waals surface area contributed by atoms with Crippen LogP contribution in [0.3, 0.4) is 0 Å². The summed E-state index contributed by atoms with van der Waals surface area (Å²) in [6, 6.07) is 20.5. The SMILES string of the molecule is CC(C)(C)OC(=O)N[C@@H](CN)CO[Si](c1ccccc1)(c1ccccc1)C(C)(C)C. The van der Waals surface area contributed by atoms with Crippen molar-refractivity contribution in [2.24, 2.45) is 5.73 Å². The second kappa shape index (κ2) is 9.77. The summed E-state index contributed by atoms with van der Waals surface area (Å²) in [5, 5.41) is 5.11. The van der Waals surface area contributed by atoms with Crippen LogP contribution in [0.5, 0.6) is 0 Å². The molecule has 0 unspecified atom stereocenters. The van der Waals surface area contributed by atoms with Gasteiger partial charge < -0.3 is 20.2 Å². The van der Waals surface area contributed by atoms with Crippen LogP contribution in [-0.4, -0.2) is 39.2 Å². The van der Waals surface area contributed by atoms with Crippen LogP contribution in [0.2, 0.25) is 5.04 Å².